The van der Waals surface area contributed by atoms with Gasteiger partial charge in [0.1, 0.15) is 0 Å². The molecule has 0 aromatic heterocycles. The zero-order valence-electron chi connectivity index (χ0n) is 11.0. The molecule has 1 heterocycles. The summed E-state index contributed by atoms with van der Waals surface area (Å²) in [7, 11) is 0. The van der Waals surface area contributed by atoms with Crippen molar-refractivity contribution in [2.45, 2.75) is 44.8 Å². The zero-order chi connectivity index (χ0) is 12.8. The summed E-state index contributed by atoms with van der Waals surface area (Å²) in [6, 6.07) is 8.84. The summed E-state index contributed by atoms with van der Waals surface area (Å²) in [6.07, 6.45) is 4.90. The van der Waals surface area contributed by atoms with Gasteiger partial charge in [0.15, 0.2) is 0 Å². The molecule has 1 aliphatic rings. The molecule has 2 rings (SSSR count). The zero-order valence-corrected chi connectivity index (χ0v) is 11.0. The van der Waals surface area contributed by atoms with Crippen LogP contribution in [0.5, 0.6) is 0 Å². The van der Waals surface area contributed by atoms with E-state index in [2.05, 4.69) is 29.2 Å². The highest BCUT2D eigenvalue weighted by molar-refractivity contribution is 5.22. The lowest BCUT2D eigenvalue weighted by Crippen LogP contribution is -2.36. The summed E-state index contributed by atoms with van der Waals surface area (Å²) in [4.78, 5) is 2.42. The number of hydrogen-bond donors (Lipinski definition) is 2. The lowest BCUT2D eigenvalue weighted by atomic mass is 10.1. The van der Waals surface area contributed by atoms with E-state index in [1.807, 2.05) is 0 Å². The second-order valence-electron chi connectivity index (χ2n) is 5.18. The van der Waals surface area contributed by atoms with Gasteiger partial charge in [-0.05, 0) is 30.5 Å². The van der Waals surface area contributed by atoms with E-state index in [0.29, 0.717) is 12.6 Å². The molecule has 0 bridgehead atoms. The van der Waals surface area contributed by atoms with E-state index < -0.39 is 0 Å². The first kappa shape index (κ1) is 13.5. The third-order valence-electron chi connectivity index (χ3n) is 3.85. The van der Waals surface area contributed by atoms with Crippen molar-refractivity contribution >= 4 is 0 Å². The Balaban J connectivity index is 2.00. The van der Waals surface area contributed by atoms with E-state index in [9.17, 15) is 5.11 Å². The molecule has 1 aromatic rings. The van der Waals surface area contributed by atoms with E-state index >= 15 is 0 Å². The fraction of sp³-hybridized carbons (Fsp3) is 0.600. The highest BCUT2D eigenvalue weighted by Crippen LogP contribution is 2.19. The van der Waals surface area contributed by atoms with Crippen LogP contribution < -0.4 is 5.73 Å². The standard InChI is InChI=1S/C15H24N2O/c16-10-13-5-7-14(8-6-13)11-17-9-3-1-2-4-15(17)12-18/h5-8,15,18H,1-4,9-12,16H2. The van der Waals surface area contributed by atoms with E-state index in [-0.39, 0.29) is 6.61 Å². The average Bonchev–Trinajstić information content (AvgIpc) is 2.64. The van der Waals surface area contributed by atoms with E-state index in [1.165, 1.54) is 30.4 Å². The minimum absolute atomic E-state index is 0.279. The number of rotatable bonds is 4. The van der Waals surface area contributed by atoms with Crippen LogP contribution in [0.15, 0.2) is 24.3 Å². The van der Waals surface area contributed by atoms with Gasteiger partial charge in [0, 0.05) is 19.1 Å². The quantitative estimate of drug-likeness (QED) is 0.855. The average molecular weight is 248 g/mol. The first-order valence-corrected chi connectivity index (χ1v) is 6.96. The van der Waals surface area contributed by atoms with Crippen molar-refractivity contribution in [2.75, 3.05) is 13.2 Å². The molecular formula is C15H24N2O. The van der Waals surface area contributed by atoms with Gasteiger partial charge < -0.3 is 10.8 Å². The van der Waals surface area contributed by atoms with Gasteiger partial charge in [0.25, 0.3) is 0 Å². The van der Waals surface area contributed by atoms with Gasteiger partial charge >= 0.3 is 0 Å². The number of benzene rings is 1. The molecule has 100 valence electrons. The maximum atomic E-state index is 9.49. The van der Waals surface area contributed by atoms with Crippen molar-refractivity contribution in [3.8, 4) is 0 Å². The lowest BCUT2D eigenvalue weighted by Gasteiger charge is -2.28. The number of aliphatic hydroxyl groups excluding tert-OH is 1. The maximum absolute atomic E-state index is 9.49. The normalized spacial score (nSPS) is 21.8. The molecule has 1 atom stereocenters. The second kappa shape index (κ2) is 6.88. The molecule has 1 aliphatic heterocycles. The molecule has 1 aromatic carbocycles. The highest BCUT2D eigenvalue weighted by atomic mass is 16.3. The van der Waals surface area contributed by atoms with Crippen molar-refractivity contribution in [3.05, 3.63) is 35.4 Å². The summed E-state index contributed by atoms with van der Waals surface area (Å²) >= 11 is 0. The Morgan fingerprint density at radius 2 is 1.83 bits per heavy atom. The van der Waals surface area contributed by atoms with Crippen LogP contribution in [0.25, 0.3) is 0 Å². The fourth-order valence-electron chi connectivity index (χ4n) is 2.67. The molecule has 3 nitrogen and oxygen atoms in total. The van der Waals surface area contributed by atoms with Gasteiger partial charge in [0.2, 0.25) is 0 Å². The molecule has 1 fully saturated rings. The Morgan fingerprint density at radius 3 is 2.50 bits per heavy atom. The SMILES string of the molecule is NCc1ccc(CN2CCCCCC2CO)cc1. The van der Waals surface area contributed by atoms with Crippen LogP contribution in [-0.4, -0.2) is 29.2 Å². The second-order valence-corrected chi connectivity index (χ2v) is 5.18. The number of nitrogens with zero attached hydrogens (tertiary/aromatic N) is 1. The van der Waals surface area contributed by atoms with Gasteiger partial charge in [-0.2, -0.15) is 0 Å². The van der Waals surface area contributed by atoms with Crippen LogP contribution in [0, 0.1) is 0 Å². The van der Waals surface area contributed by atoms with Crippen molar-refractivity contribution in [2.24, 2.45) is 5.73 Å². The molecule has 0 spiro atoms. The first-order chi connectivity index (χ1) is 8.83. The molecule has 3 N–H and O–H groups in total. The summed E-state index contributed by atoms with van der Waals surface area (Å²) < 4.78 is 0. The van der Waals surface area contributed by atoms with Crippen molar-refractivity contribution in [1.29, 1.82) is 0 Å². The van der Waals surface area contributed by atoms with Crippen LogP contribution >= 0.6 is 0 Å². The Labute approximate surface area is 110 Å². The highest BCUT2D eigenvalue weighted by Gasteiger charge is 2.19. The van der Waals surface area contributed by atoms with Gasteiger partial charge in [-0.25, -0.2) is 0 Å². The Hall–Kier alpha value is -0.900. The Kier molecular flexibility index (Phi) is 5.17. The topological polar surface area (TPSA) is 49.5 Å². The molecule has 1 saturated heterocycles. The predicted molar refractivity (Wildman–Crippen MR) is 74.1 cm³/mol. The van der Waals surface area contributed by atoms with E-state index in [0.717, 1.165) is 19.5 Å². The largest absolute Gasteiger partial charge is 0.395 e. The summed E-state index contributed by atoms with van der Waals surface area (Å²) in [6.45, 7) is 2.92. The van der Waals surface area contributed by atoms with Gasteiger partial charge in [-0.1, -0.05) is 37.1 Å². The van der Waals surface area contributed by atoms with Crippen molar-refractivity contribution in [3.63, 3.8) is 0 Å². The number of likely N-dealkylation sites (tertiary alicyclic amines) is 1. The van der Waals surface area contributed by atoms with Crippen molar-refractivity contribution < 1.29 is 5.11 Å². The van der Waals surface area contributed by atoms with E-state index in [1.54, 1.807) is 0 Å². The van der Waals surface area contributed by atoms with Crippen molar-refractivity contribution in [1.82, 2.24) is 4.90 Å². The molecule has 0 amide bonds. The number of aliphatic hydroxyl groups is 1. The maximum Gasteiger partial charge on any atom is 0.0586 e. The minimum atomic E-state index is 0.279. The number of nitrogens with two attached hydrogens (primary N) is 1. The van der Waals surface area contributed by atoms with E-state index in [4.69, 9.17) is 5.73 Å². The third-order valence-corrected chi connectivity index (χ3v) is 3.85. The Morgan fingerprint density at radius 1 is 1.11 bits per heavy atom. The van der Waals surface area contributed by atoms with Crippen LogP contribution in [-0.2, 0) is 13.1 Å². The molecule has 1 unspecified atom stereocenters. The Bertz CT molecular complexity index is 350. The van der Waals surface area contributed by atoms with Gasteiger partial charge in [-0.3, -0.25) is 4.90 Å². The van der Waals surface area contributed by atoms with Crippen LogP contribution in [0.2, 0.25) is 0 Å². The minimum Gasteiger partial charge on any atom is -0.395 e. The number of hydrogen-bond acceptors (Lipinski definition) is 3. The van der Waals surface area contributed by atoms with Crippen LogP contribution in [0.3, 0.4) is 0 Å². The monoisotopic (exact) mass is 248 g/mol. The fourth-order valence-corrected chi connectivity index (χ4v) is 2.67. The molecule has 3 heteroatoms. The molecular weight excluding hydrogens is 224 g/mol. The van der Waals surface area contributed by atoms with Crippen LogP contribution in [0.1, 0.15) is 36.8 Å². The van der Waals surface area contributed by atoms with Crippen LogP contribution in [0.4, 0.5) is 0 Å². The molecule has 0 aliphatic carbocycles. The molecule has 0 radical (unpaired) electrons. The molecule has 0 saturated carbocycles. The van der Waals surface area contributed by atoms with Gasteiger partial charge in [-0.15, -0.1) is 0 Å². The third kappa shape index (κ3) is 3.55. The lowest BCUT2D eigenvalue weighted by molar-refractivity contribution is 0.118. The summed E-state index contributed by atoms with van der Waals surface area (Å²) in [5, 5.41) is 9.49. The summed E-state index contributed by atoms with van der Waals surface area (Å²) in [5.74, 6) is 0. The van der Waals surface area contributed by atoms with Gasteiger partial charge in [0.05, 0.1) is 6.61 Å². The molecule has 18 heavy (non-hydrogen) atoms. The smallest absolute Gasteiger partial charge is 0.0586 e. The predicted octanol–water partition coefficient (Wildman–Crippen LogP) is 1.88. The first-order valence-electron chi connectivity index (χ1n) is 6.96. The summed E-state index contributed by atoms with van der Waals surface area (Å²) in [5.41, 5.74) is 8.09.